The quantitative estimate of drug-likeness (QED) is 0.799. The first-order valence-corrected chi connectivity index (χ1v) is 8.39. The lowest BCUT2D eigenvalue weighted by molar-refractivity contribution is 0.208. The minimum absolute atomic E-state index is 0.451. The maximum atomic E-state index is 4.80. The Morgan fingerprint density at radius 3 is 2.67 bits per heavy atom. The number of nitrogens with zero attached hydrogens (tertiary/aromatic N) is 4. The summed E-state index contributed by atoms with van der Waals surface area (Å²) in [5.74, 6) is 0.845. The smallest absolute Gasteiger partial charge is 0.245 e. The number of aromatic nitrogens is 3. The lowest BCUT2D eigenvalue weighted by atomic mass is 9.71. The summed E-state index contributed by atoms with van der Waals surface area (Å²) in [5.41, 5.74) is 2.62. The molecule has 3 rings (SSSR count). The van der Waals surface area contributed by atoms with E-state index in [-0.39, 0.29) is 0 Å². The summed E-state index contributed by atoms with van der Waals surface area (Å²) in [7, 11) is 0. The van der Waals surface area contributed by atoms with Crippen LogP contribution in [0.15, 0.2) is 12.2 Å². The van der Waals surface area contributed by atoms with E-state index < -0.39 is 0 Å². The highest BCUT2D eigenvalue weighted by atomic mass is 15.3. The molecule has 1 fully saturated rings. The number of allylic oxidation sites excluding steroid dienone is 2. The van der Waals surface area contributed by atoms with E-state index in [1.807, 2.05) is 0 Å². The number of rotatable bonds is 3. The summed E-state index contributed by atoms with van der Waals surface area (Å²) < 4.78 is 0. The fourth-order valence-electron chi connectivity index (χ4n) is 3.75. The van der Waals surface area contributed by atoms with Crippen LogP contribution in [0, 0.1) is 5.41 Å². The largest absolute Gasteiger partial charge is 0.339 e. The van der Waals surface area contributed by atoms with E-state index in [4.69, 9.17) is 4.98 Å². The molecule has 1 atom stereocenters. The predicted molar refractivity (Wildman–Crippen MR) is 85.5 cm³/mol. The van der Waals surface area contributed by atoms with Gasteiger partial charge in [0.1, 0.15) is 0 Å². The van der Waals surface area contributed by atoms with Crippen LogP contribution in [-0.2, 0) is 12.8 Å². The summed E-state index contributed by atoms with van der Waals surface area (Å²) in [5, 5.41) is 8.82. The molecule has 1 aliphatic carbocycles. The first-order chi connectivity index (χ1) is 10.3. The van der Waals surface area contributed by atoms with Gasteiger partial charge in [0.25, 0.3) is 0 Å². The number of aryl methyl sites for hydroxylation is 2. The maximum Gasteiger partial charge on any atom is 0.245 e. The van der Waals surface area contributed by atoms with Crippen molar-refractivity contribution in [1.29, 1.82) is 0 Å². The van der Waals surface area contributed by atoms with Gasteiger partial charge < -0.3 is 4.90 Å². The van der Waals surface area contributed by atoms with Crippen molar-refractivity contribution in [3.63, 3.8) is 0 Å². The second-order valence-electron chi connectivity index (χ2n) is 6.45. The Kier molecular flexibility index (Phi) is 4.22. The van der Waals surface area contributed by atoms with Gasteiger partial charge in [-0.05, 0) is 50.4 Å². The maximum absolute atomic E-state index is 4.80. The molecule has 1 unspecified atom stereocenters. The van der Waals surface area contributed by atoms with Crippen LogP contribution in [0.25, 0.3) is 0 Å². The zero-order valence-electron chi connectivity index (χ0n) is 13.3. The lowest BCUT2D eigenvalue weighted by Crippen LogP contribution is -2.44. The Morgan fingerprint density at radius 1 is 1.10 bits per heavy atom. The molecule has 4 heteroatoms. The van der Waals surface area contributed by atoms with Crippen LogP contribution >= 0.6 is 0 Å². The molecular formula is C17H26N4. The predicted octanol–water partition coefficient (Wildman–Crippen LogP) is 3.32. The lowest BCUT2D eigenvalue weighted by Gasteiger charge is -2.43. The van der Waals surface area contributed by atoms with Crippen molar-refractivity contribution < 1.29 is 0 Å². The van der Waals surface area contributed by atoms with Crippen molar-refractivity contribution >= 4 is 5.95 Å². The summed E-state index contributed by atoms with van der Waals surface area (Å²) >= 11 is 0. The van der Waals surface area contributed by atoms with Gasteiger partial charge in [0.05, 0.1) is 11.4 Å². The molecule has 1 aliphatic heterocycles. The molecule has 2 heterocycles. The summed E-state index contributed by atoms with van der Waals surface area (Å²) in [6, 6.07) is 0. The minimum atomic E-state index is 0.451. The normalized spacial score (nSPS) is 25.5. The van der Waals surface area contributed by atoms with E-state index >= 15 is 0 Å². The van der Waals surface area contributed by atoms with Crippen molar-refractivity contribution in [2.45, 2.75) is 58.8 Å². The van der Waals surface area contributed by atoms with Crippen molar-refractivity contribution in [2.75, 3.05) is 18.0 Å². The van der Waals surface area contributed by atoms with Crippen LogP contribution in [0.3, 0.4) is 0 Å². The summed E-state index contributed by atoms with van der Waals surface area (Å²) in [4.78, 5) is 7.17. The van der Waals surface area contributed by atoms with E-state index in [0.717, 1.165) is 43.3 Å². The average molecular weight is 286 g/mol. The van der Waals surface area contributed by atoms with Crippen molar-refractivity contribution in [3.8, 4) is 0 Å². The van der Waals surface area contributed by atoms with E-state index in [2.05, 4.69) is 41.1 Å². The first kappa shape index (κ1) is 14.5. The number of hydrogen-bond acceptors (Lipinski definition) is 4. The molecule has 0 saturated carbocycles. The Bertz CT molecular complexity index is 526. The zero-order valence-corrected chi connectivity index (χ0v) is 13.3. The molecule has 0 aromatic carbocycles. The second kappa shape index (κ2) is 6.12. The third kappa shape index (κ3) is 2.94. The van der Waals surface area contributed by atoms with Gasteiger partial charge in [-0.1, -0.05) is 26.0 Å². The summed E-state index contributed by atoms with van der Waals surface area (Å²) in [6.45, 7) is 6.43. The van der Waals surface area contributed by atoms with E-state index in [9.17, 15) is 0 Å². The Morgan fingerprint density at radius 2 is 1.95 bits per heavy atom. The molecule has 1 aromatic heterocycles. The van der Waals surface area contributed by atoms with E-state index in [0.29, 0.717) is 5.41 Å². The van der Waals surface area contributed by atoms with Crippen LogP contribution in [-0.4, -0.2) is 28.3 Å². The van der Waals surface area contributed by atoms with Gasteiger partial charge in [-0.3, -0.25) is 0 Å². The number of anilines is 1. The molecule has 1 spiro atoms. The highest BCUT2D eigenvalue weighted by Crippen LogP contribution is 2.41. The van der Waals surface area contributed by atoms with Crippen LogP contribution in [0.2, 0.25) is 0 Å². The van der Waals surface area contributed by atoms with Crippen LogP contribution in [0.1, 0.15) is 57.3 Å². The number of piperidine rings is 1. The molecule has 0 radical (unpaired) electrons. The Labute approximate surface area is 127 Å². The van der Waals surface area contributed by atoms with Gasteiger partial charge in [-0.2, -0.15) is 5.10 Å². The molecule has 2 aliphatic rings. The van der Waals surface area contributed by atoms with Crippen LogP contribution in [0.5, 0.6) is 0 Å². The molecule has 4 nitrogen and oxygen atoms in total. The first-order valence-electron chi connectivity index (χ1n) is 8.39. The second-order valence-corrected chi connectivity index (χ2v) is 6.45. The summed E-state index contributed by atoms with van der Waals surface area (Å²) in [6.07, 6.45) is 12.9. The molecule has 0 bridgehead atoms. The van der Waals surface area contributed by atoms with Gasteiger partial charge >= 0.3 is 0 Å². The Hall–Kier alpha value is -1.45. The van der Waals surface area contributed by atoms with Gasteiger partial charge in [-0.15, -0.1) is 5.10 Å². The SMILES string of the molecule is CCc1nnc(N2CCCC3(CC=CCC3)C2)nc1CC. The molecule has 0 N–H and O–H groups in total. The van der Waals surface area contributed by atoms with Gasteiger partial charge in [-0.25, -0.2) is 4.98 Å². The third-order valence-electron chi connectivity index (χ3n) is 5.00. The van der Waals surface area contributed by atoms with Gasteiger partial charge in [0.15, 0.2) is 0 Å². The van der Waals surface area contributed by atoms with Crippen molar-refractivity contribution in [1.82, 2.24) is 15.2 Å². The topological polar surface area (TPSA) is 41.9 Å². The zero-order chi connectivity index (χ0) is 14.7. The van der Waals surface area contributed by atoms with E-state index in [1.54, 1.807) is 0 Å². The van der Waals surface area contributed by atoms with Crippen molar-refractivity contribution in [2.24, 2.45) is 5.41 Å². The average Bonchev–Trinajstić information content (AvgIpc) is 2.55. The molecule has 1 saturated heterocycles. The number of hydrogen-bond donors (Lipinski definition) is 0. The third-order valence-corrected chi connectivity index (χ3v) is 5.00. The molecule has 1 aromatic rings. The van der Waals surface area contributed by atoms with Crippen LogP contribution < -0.4 is 4.90 Å². The highest BCUT2D eigenvalue weighted by molar-refractivity contribution is 5.32. The minimum Gasteiger partial charge on any atom is -0.339 e. The highest BCUT2D eigenvalue weighted by Gasteiger charge is 2.36. The van der Waals surface area contributed by atoms with Crippen molar-refractivity contribution in [3.05, 3.63) is 23.5 Å². The fraction of sp³-hybridized carbons (Fsp3) is 0.706. The van der Waals surface area contributed by atoms with Crippen LogP contribution in [0.4, 0.5) is 5.95 Å². The molecule has 114 valence electrons. The molecule has 0 amide bonds. The molecular weight excluding hydrogens is 260 g/mol. The Balaban J connectivity index is 1.81. The fourth-order valence-corrected chi connectivity index (χ4v) is 3.75. The van der Waals surface area contributed by atoms with Gasteiger partial charge in [0.2, 0.25) is 5.95 Å². The molecule has 21 heavy (non-hydrogen) atoms. The van der Waals surface area contributed by atoms with Gasteiger partial charge in [0, 0.05) is 13.1 Å². The van der Waals surface area contributed by atoms with E-state index in [1.165, 1.54) is 32.1 Å². The standard InChI is InChI=1S/C17H26N4/c1-3-14-15(4-2)19-20-16(18-14)21-12-8-11-17(13-21)9-6-5-7-10-17/h5-6H,3-4,7-13H2,1-2H3. The monoisotopic (exact) mass is 286 g/mol.